The van der Waals surface area contributed by atoms with E-state index in [4.69, 9.17) is 4.74 Å². The molecule has 0 saturated heterocycles. The maximum atomic E-state index is 5.18. The van der Waals surface area contributed by atoms with Gasteiger partial charge >= 0.3 is 0 Å². The number of fused-ring (bicyclic) bond motifs is 1. The van der Waals surface area contributed by atoms with E-state index in [0.29, 0.717) is 18.2 Å². The maximum Gasteiger partial charge on any atom is 0.226 e. The van der Waals surface area contributed by atoms with Gasteiger partial charge in [0, 0.05) is 14.2 Å². The fourth-order valence-corrected chi connectivity index (χ4v) is 1.76. The summed E-state index contributed by atoms with van der Waals surface area (Å²) in [5.74, 6) is 1.28. The first kappa shape index (κ1) is 12.6. The Bertz CT molecular complexity index is 535. The molecule has 0 amide bonds. The zero-order chi connectivity index (χ0) is 13.2. The van der Waals surface area contributed by atoms with Crippen LogP contribution in [-0.2, 0) is 4.74 Å². The van der Waals surface area contributed by atoms with Crippen LogP contribution in [-0.4, -0.2) is 46.5 Å². The van der Waals surface area contributed by atoms with Crippen LogP contribution in [0.25, 0.3) is 11.0 Å². The Labute approximate surface area is 105 Å². The van der Waals surface area contributed by atoms with Crippen LogP contribution in [0.15, 0.2) is 6.20 Å². The largest absolute Gasteiger partial charge is 0.382 e. The summed E-state index contributed by atoms with van der Waals surface area (Å²) in [6, 6.07) is 0. The summed E-state index contributed by atoms with van der Waals surface area (Å²) in [6.07, 6.45) is 1.71. The number of hydrogen-bond acceptors (Lipinski definition) is 6. The molecule has 0 aliphatic carbocycles. The summed E-state index contributed by atoms with van der Waals surface area (Å²) < 4.78 is 5.18. The van der Waals surface area contributed by atoms with Crippen molar-refractivity contribution >= 4 is 22.8 Å². The Balaban J connectivity index is 2.39. The average molecular weight is 250 g/mol. The van der Waals surface area contributed by atoms with Crippen molar-refractivity contribution in [3.8, 4) is 0 Å². The highest BCUT2D eigenvalue weighted by molar-refractivity contribution is 5.87. The van der Waals surface area contributed by atoms with Crippen LogP contribution in [0.4, 0.5) is 11.8 Å². The van der Waals surface area contributed by atoms with Gasteiger partial charge in [0.1, 0.15) is 5.82 Å². The average Bonchev–Trinajstić information content (AvgIpc) is 2.76. The molecule has 0 atom stereocenters. The highest BCUT2D eigenvalue weighted by Gasteiger charge is 2.20. The first-order valence-corrected chi connectivity index (χ1v) is 5.72. The molecule has 2 rings (SSSR count). The normalized spacial score (nSPS) is 11.8. The van der Waals surface area contributed by atoms with Crippen molar-refractivity contribution in [1.29, 1.82) is 0 Å². The molecule has 2 heterocycles. The highest BCUT2D eigenvalue weighted by Crippen LogP contribution is 2.23. The van der Waals surface area contributed by atoms with Crippen molar-refractivity contribution in [3.63, 3.8) is 0 Å². The van der Waals surface area contributed by atoms with E-state index in [1.54, 1.807) is 20.4 Å². The Morgan fingerprint density at radius 1 is 1.39 bits per heavy atom. The fraction of sp³-hybridized carbons (Fsp3) is 0.545. The predicted molar refractivity (Wildman–Crippen MR) is 70.8 cm³/mol. The number of anilines is 2. The highest BCUT2D eigenvalue weighted by atomic mass is 16.5. The second kappa shape index (κ2) is 4.77. The lowest BCUT2D eigenvalue weighted by Gasteiger charge is -2.26. The molecule has 0 saturated carbocycles. The quantitative estimate of drug-likeness (QED) is 0.739. The van der Waals surface area contributed by atoms with Crippen molar-refractivity contribution in [2.24, 2.45) is 0 Å². The summed E-state index contributed by atoms with van der Waals surface area (Å²) in [6.45, 7) is 4.67. The molecule has 0 aliphatic heterocycles. The molecule has 7 nitrogen and oxygen atoms in total. The third-order valence-electron chi connectivity index (χ3n) is 2.50. The lowest BCUT2D eigenvalue weighted by atomic mass is 10.1. The topological polar surface area (TPSA) is 87.8 Å². The SMILES string of the molecule is CNc1nc(NC(C)(C)COC)c2cn[nH]c2n1. The second-order valence-corrected chi connectivity index (χ2v) is 4.72. The van der Waals surface area contributed by atoms with Crippen LogP contribution >= 0.6 is 0 Å². The van der Waals surface area contributed by atoms with Crippen LogP contribution in [0.1, 0.15) is 13.8 Å². The monoisotopic (exact) mass is 250 g/mol. The summed E-state index contributed by atoms with van der Waals surface area (Å²) in [5, 5.41) is 14.0. The van der Waals surface area contributed by atoms with Crippen molar-refractivity contribution in [1.82, 2.24) is 20.2 Å². The van der Waals surface area contributed by atoms with E-state index in [1.807, 2.05) is 13.8 Å². The molecule has 7 heteroatoms. The number of ether oxygens (including phenoxy) is 1. The fourth-order valence-electron chi connectivity index (χ4n) is 1.76. The molecule has 0 aliphatic rings. The minimum atomic E-state index is -0.224. The Kier molecular flexibility index (Phi) is 3.33. The van der Waals surface area contributed by atoms with E-state index in [2.05, 4.69) is 30.8 Å². The van der Waals surface area contributed by atoms with E-state index in [9.17, 15) is 0 Å². The van der Waals surface area contributed by atoms with Crippen molar-refractivity contribution < 1.29 is 4.74 Å². The Hall–Kier alpha value is -1.89. The van der Waals surface area contributed by atoms with Gasteiger partial charge in [0.2, 0.25) is 5.95 Å². The third-order valence-corrected chi connectivity index (χ3v) is 2.50. The molecule has 98 valence electrons. The Morgan fingerprint density at radius 3 is 2.83 bits per heavy atom. The number of methoxy groups -OCH3 is 1. The lowest BCUT2D eigenvalue weighted by Crippen LogP contribution is -2.36. The van der Waals surface area contributed by atoms with Crippen LogP contribution in [0.2, 0.25) is 0 Å². The molecule has 0 aromatic carbocycles. The van der Waals surface area contributed by atoms with Crippen LogP contribution in [0.3, 0.4) is 0 Å². The summed E-state index contributed by atoms with van der Waals surface area (Å²) in [5.41, 5.74) is 0.475. The van der Waals surface area contributed by atoms with Gasteiger partial charge in [-0.2, -0.15) is 15.1 Å². The van der Waals surface area contributed by atoms with Gasteiger partial charge in [0.15, 0.2) is 5.65 Å². The van der Waals surface area contributed by atoms with E-state index in [0.717, 1.165) is 11.2 Å². The molecular formula is C11H18N6O. The molecular weight excluding hydrogens is 232 g/mol. The van der Waals surface area contributed by atoms with Crippen LogP contribution in [0, 0.1) is 0 Å². The minimum Gasteiger partial charge on any atom is -0.382 e. The number of nitrogens with one attached hydrogen (secondary N) is 3. The third kappa shape index (κ3) is 2.51. The molecule has 2 aromatic rings. The van der Waals surface area contributed by atoms with Crippen molar-refractivity contribution in [2.45, 2.75) is 19.4 Å². The number of aromatic nitrogens is 4. The first-order valence-electron chi connectivity index (χ1n) is 5.72. The standard InChI is InChI=1S/C11H18N6O/c1-11(2,6-18-4)16-8-7-5-13-17-9(7)15-10(12-3)14-8/h5H,6H2,1-4H3,(H3,12,13,14,15,16,17). The van der Waals surface area contributed by atoms with Gasteiger partial charge in [-0.1, -0.05) is 0 Å². The molecule has 0 radical (unpaired) electrons. The van der Waals surface area contributed by atoms with E-state index in [1.165, 1.54) is 0 Å². The maximum absolute atomic E-state index is 5.18. The number of H-pyrrole nitrogens is 1. The number of rotatable bonds is 5. The van der Waals surface area contributed by atoms with Gasteiger partial charge in [0.05, 0.1) is 23.7 Å². The number of nitrogens with zero attached hydrogens (tertiary/aromatic N) is 3. The number of hydrogen-bond donors (Lipinski definition) is 3. The van der Waals surface area contributed by atoms with Crippen LogP contribution in [0.5, 0.6) is 0 Å². The van der Waals surface area contributed by atoms with E-state index in [-0.39, 0.29) is 5.54 Å². The first-order chi connectivity index (χ1) is 8.55. The molecule has 2 aromatic heterocycles. The van der Waals surface area contributed by atoms with E-state index < -0.39 is 0 Å². The van der Waals surface area contributed by atoms with Crippen LogP contribution < -0.4 is 10.6 Å². The molecule has 18 heavy (non-hydrogen) atoms. The van der Waals surface area contributed by atoms with E-state index >= 15 is 0 Å². The van der Waals surface area contributed by atoms with Crippen molar-refractivity contribution in [3.05, 3.63) is 6.20 Å². The Morgan fingerprint density at radius 2 is 2.17 bits per heavy atom. The van der Waals surface area contributed by atoms with Gasteiger partial charge in [-0.05, 0) is 13.8 Å². The van der Waals surface area contributed by atoms with Gasteiger partial charge in [-0.15, -0.1) is 0 Å². The zero-order valence-electron chi connectivity index (χ0n) is 11.0. The molecule has 0 bridgehead atoms. The smallest absolute Gasteiger partial charge is 0.226 e. The predicted octanol–water partition coefficient (Wildman–Crippen LogP) is 1.23. The van der Waals surface area contributed by atoms with Gasteiger partial charge < -0.3 is 15.4 Å². The summed E-state index contributed by atoms with van der Waals surface area (Å²) >= 11 is 0. The van der Waals surface area contributed by atoms with Gasteiger partial charge in [-0.25, -0.2) is 0 Å². The molecule has 0 spiro atoms. The van der Waals surface area contributed by atoms with Gasteiger partial charge in [-0.3, -0.25) is 5.10 Å². The lowest BCUT2D eigenvalue weighted by molar-refractivity contribution is 0.158. The molecule has 0 fully saturated rings. The number of aromatic amines is 1. The van der Waals surface area contributed by atoms with Gasteiger partial charge in [0.25, 0.3) is 0 Å². The zero-order valence-corrected chi connectivity index (χ0v) is 11.0. The molecule has 3 N–H and O–H groups in total. The summed E-state index contributed by atoms with van der Waals surface area (Å²) in [7, 11) is 3.46. The minimum absolute atomic E-state index is 0.224. The molecule has 0 unspecified atom stereocenters. The summed E-state index contributed by atoms with van der Waals surface area (Å²) in [4.78, 5) is 8.69. The van der Waals surface area contributed by atoms with Crippen molar-refractivity contribution in [2.75, 3.05) is 31.4 Å². The second-order valence-electron chi connectivity index (χ2n) is 4.72.